The van der Waals surface area contributed by atoms with Crippen molar-refractivity contribution < 1.29 is 32.2 Å². The first-order chi connectivity index (χ1) is 21.4. The molecular weight excluding hydrogens is 611 g/mol. The number of nitrogens with one attached hydrogen (secondary N) is 1. The maximum absolute atomic E-state index is 13.4. The summed E-state index contributed by atoms with van der Waals surface area (Å²) in [5.74, 6) is -0.880. The molecule has 0 saturated heterocycles. The average Bonchev–Trinajstić information content (AvgIpc) is 2.94. The van der Waals surface area contributed by atoms with Crippen LogP contribution < -0.4 is 9.62 Å². The van der Waals surface area contributed by atoms with Crippen molar-refractivity contribution in [2.24, 2.45) is 0 Å². The van der Waals surface area contributed by atoms with Crippen molar-refractivity contribution in [3.8, 4) is 0 Å². The third kappa shape index (κ3) is 9.73. The molecule has 0 fully saturated rings. The van der Waals surface area contributed by atoms with Gasteiger partial charge in [0.2, 0.25) is 10.0 Å². The Hall–Kier alpha value is -4.03. The molecule has 0 aliphatic rings. The van der Waals surface area contributed by atoms with E-state index in [4.69, 9.17) is 4.74 Å². The molecule has 250 valence electrons. The molecule has 0 saturated carbocycles. The van der Waals surface area contributed by atoms with Crippen LogP contribution in [0.15, 0.2) is 66.7 Å². The number of rotatable bonds is 14. The first kappa shape index (κ1) is 36.4. The predicted octanol–water partition coefficient (Wildman–Crippen LogP) is 6.18. The van der Waals surface area contributed by atoms with Gasteiger partial charge in [-0.15, -0.1) is 0 Å². The van der Waals surface area contributed by atoms with Crippen LogP contribution in [0.3, 0.4) is 0 Å². The van der Waals surface area contributed by atoms with E-state index >= 15 is 0 Å². The number of hydrogen-bond acceptors (Lipinski definition) is 6. The molecule has 0 bridgehead atoms. The van der Waals surface area contributed by atoms with E-state index in [1.165, 1.54) is 23.1 Å². The van der Waals surface area contributed by atoms with E-state index in [2.05, 4.69) is 10.3 Å². The molecular formula is C34H45FN4O6S. The molecule has 2 aromatic carbocycles. The number of hydrogen-bond donors (Lipinski definition) is 2. The van der Waals surface area contributed by atoms with Crippen LogP contribution in [0.4, 0.5) is 15.0 Å². The Bertz CT molecular complexity index is 1600. The molecule has 3 rings (SSSR count). The first-order valence-electron chi connectivity index (χ1n) is 15.1. The number of nitrogens with zero attached hydrogens (tertiary/aromatic N) is 3. The number of ether oxygens (including phenoxy) is 1. The minimum Gasteiger partial charge on any atom is -0.465 e. The number of anilines is 1. The van der Waals surface area contributed by atoms with E-state index in [1.54, 1.807) is 25.1 Å². The van der Waals surface area contributed by atoms with Crippen molar-refractivity contribution in [3.05, 3.63) is 94.9 Å². The van der Waals surface area contributed by atoms with E-state index in [0.717, 1.165) is 16.1 Å². The van der Waals surface area contributed by atoms with Crippen LogP contribution in [0.1, 0.15) is 81.2 Å². The molecule has 0 aliphatic heterocycles. The lowest BCUT2D eigenvalue weighted by Gasteiger charge is -2.47. The second kappa shape index (κ2) is 15.0. The van der Waals surface area contributed by atoms with E-state index in [-0.39, 0.29) is 31.3 Å². The molecule has 2 unspecified atom stereocenters. The van der Waals surface area contributed by atoms with Gasteiger partial charge in [-0.25, -0.2) is 22.6 Å². The van der Waals surface area contributed by atoms with Crippen molar-refractivity contribution in [3.63, 3.8) is 0 Å². The van der Waals surface area contributed by atoms with Crippen LogP contribution in [0.5, 0.6) is 0 Å². The Kier molecular flexibility index (Phi) is 11.9. The van der Waals surface area contributed by atoms with E-state index in [9.17, 15) is 27.5 Å². The third-order valence-electron chi connectivity index (χ3n) is 7.42. The number of sulfonamides is 1. The highest BCUT2D eigenvalue weighted by atomic mass is 32.2. The molecule has 0 radical (unpaired) electrons. The summed E-state index contributed by atoms with van der Waals surface area (Å²) in [6, 6.07) is 17.9. The Morgan fingerprint density at radius 3 is 2.20 bits per heavy atom. The smallest absolute Gasteiger partial charge is 0.408 e. The summed E-state index contributed by atoms with van der Waals surface area (Å²) in [6.07, 6.45) is 0.880. The number of halogens is 1. The highest BCUT2D eigenvalue weighted by Crippen LogP contribution is 2.30. The Morgan fingerprint density at radius 1 is 1.02 bits per heavy atom. The number of benzene rings is 2. The maximum Gasteiger partial charge on any atom is 0.408 e. The van der Waals surface area contributed by atoms with Crippen LogP contribution in [0.25, 0.3) is 0 Å². The van der Waals surface area contributed by atoms with Gasteiger partial charge in [-0.3, -0.25) is 14.0 Å². The van der Waals surface area contributed by atoms with Gasteiger partial charge in [-0.1, -0.05) is 49.4 Å². The van der Waals surface area contributed by atoms with Gasteiger partial charge >= 0.3 is 6.09 Å². The van der Waals surface area contributed by atoms with Crippen molar-refractivity contribution in [2.75, 3.05) is 23.7 Å². The summed E-state index contributed by atoms with van der Waals surface area (Å²) in [4.78, 5) is 31.8. The zero-order valence-corrected chi connectivity index (χ0v) is 28.4. The van der Waals surface area contributed by atoms with Crippen molar-refractivity contribution >= 4 is 27.8 Å². The minimum absolute atomic E-state index is 0.0109. The van der Waals surface area contributed by atoms with Crippen molar-refractivity contribution in [1.82, 2.24) is 15.2 Å². The number of carboxylic acid groups (broad SMARTS) is 1. The molecule has 2 atom stereocenters. The summed E-state index contributed by atoms with van der Waals surface area (Å²) >= 11 is 0. The number of carbonyl (C=O) groups is 2. The quantitative estimate of drug-likeness (QED) is 0.212. The number of carbonyl (C=O) groups excluding carboxylic acids is 1. The Balaban J connectivity index is 1.96. The fraction of sp³-hybridized carbons (Fsp3) is 0.441. The maximum atomic E-state index is 13.4. The van der Waals surface area contributed by atoms with Gasteiger partial charge in [0.15, 0.2) is 0 Å². The molecule has 3 aromatic rings. The normalized spacial score (nSPS) is 13.8. The van der Waals surface area contributed by atoms with Crippen molar-refractivity contribution in [1.29, 1.82) is 0 Å². The largest absolute Gasteiger partial charge is 0.465 e. The summed E-state index contributed by atoms with van der Waals surface area (Å²) < 4.78 is 46.2. The molecule has 2 amide bonds. The van der Waals surface area contributed by atoms with Crippen LogP contribution in [-0.4, -0.2) is 65.9 Å². The summed E-state index contributed by atoms with van der Waals surface area (Å²) in [5.41, 5.74) is 0.349. The fourth-order valence-corrected chi connectivity index (χ4v) is 6.55. The predicted molar refractivity (Wildman–Crippen MR) is 177 cm³/mol. The summed E-state index contributed by atoms with van der Waals surface area (Å²) in [5, 5.41) is 13.1. The Labute approximate surface area is 271 Å². The number of pyridine rings is 1. The molecule has 0 aliphatic carbocycles. The highest BCUT2D eigenvalue weighted by Gasteiger charge is 2.42. The molecule has 1 aromatic heterocycles. The van der Waals surface area contributed by atoms with E-state index in [0.29, 0.717) is 24.0 Å². The lowest BCUT2D eigenvalue weighted by Crippen LogP contribution is -2.61. The molecule has 46 heavy (non-hydrogen) atoms. The molecule has 1 heterocycles. The summed E-state index contributed by atoms with van der Waals surface area (Å²) in [6.45, 7) is 11.0. The standard InChI is InChI=1S/C34H45FN4O6S/c1-8-18-38(46(7,43)44)30-20-26(19-29(37-30)31(40)36-24(2)27-14-16-28(35)17-15-27)22-45-23-34(6,21-25-12-10-9-11-13-25)39(32(41)42)33(3,4)5/h9-17,19-20,24H,8,18,21-23H2,1-7H3,(H,36,40)(H,41,42). The second-order valence-corrected chi connectivity index (χ2v) is 14.6. The highest BCUT2D eigenvalue weighted by molar-refractivity contribution is 7.92. The third-order valence-corrected chi connectivity index (χ3v) is 8.59. The van der Waals surface area contributed by atoms with Gasteiger partial charge in [0.05, 0.1) is 31.1 Å². The first-order valence-corrected chi connectivity index (χ1v) is 17.0. The van der Waals surface area contributed by atoms with Crippen LogP contribution in [0, 0.1) is 5.82 Å². The fourth-order valence-electron chi connectivity index (χ4n) is 5.60. The van der Waals surface area contributed by atoms with E-state index in [1.807, 2.05) is 65.0 Å². The molecule has 12 heteroatoms. The van der Waals surface area contributed by atoms with Crippen LogP contribution in [-0.2, 0) is 27.8 Å². The average molecular weight is 657 g/mol. The number of amides is 2. The van der Waals surface area contributed by atoms with Gasteiger partial charge in [0.25, 0.3) is 5.91 Å². The number of aromatic nitrogens is 1. The van der Waals surface area contributed by atoms with Gasteiger partial charge < -0.3 is 15.2 Å². The van der Waals surface area contributed by atoms with Crippen molar-refractivity contribution in [2.45, 2.75) is 78.1 Å². The molecule has 2 N–H and O–H groups in total. The topological polar surface area (TPSA) is 129 Å². The van der Waals surface area contributed by atoms with Gasteiger partial charge in [-0.05, 0) is 88.4 Å². The van der Waals surface area contributed by atoms with E-state index < -0.39 is 45.0 Å². The summed E-state index contributed by atoms with van der Waals surface area (Å²) in [7, 11) is -3.73. The second-order valence-electron chi connectivity index (χ2n) is 12.7. The Morgan fingerprint density at radius 2 is 1.65 bits per heavy atom. The lowest BCUT2D eigenvalue weighted by molar-refractivity contribution is -0.0343. The van der Waals surface area contributed by atoms with Crippen LogP contribution in [0.2, 0.25) is 0 Å². The zero-order chi connectivity index (χ0) is 34.3. The van der Waals surface area contributed by atoms with Gasteiger partial charge in [0, 0.05) is 12.1 Å². The molecule has 0 spiro atoms. The minimum atomic E-state index is -3.73. The zero-order valence-electron chi connectivity index (χ0n) is 27.6. The SMILES string of the molecule is CCCN(c1cc(COCC(C)(Cc2ccccc2)N(C(=O)O)C(C)(C)C)cc(C(=O)NC(C)c2ccc(F)cc2)n1)S(C)(=O)=O. The monoisotopic (exact) mass is 656 g/mol. The molecule has 10 nitrogen and oxygen atoms in total. The van der Waals surface area contributed by atoms with Gasteiger partial charge in [-0.2, -0.15) is 0 Å². The van der Waals surface area contributed by atoms with Crippen LogP contribution >= 0.6 is 0 Å². The van der Waals surface area contributed by atoms with Gasteiger partial charge in [0.1, 0.15) is 17.3 Å². The lowest BCUT2D eigenvalue weighted by atomic mass is 9.87.